The minimum Gasteiger partial charge on any atom is -0.258 e. The number of nitrogens with zero attached hydrogens (tertiary/aromatic N) is 1. The summed E-state index contributed by atoms with van der Waals surface area (Å²) in [4.78, 5) is 9.71. The zero-order valence-corrected chi connectivity index (χ0v) is 9.95. The van der Waals surface area contributed by atoms with Gasteiger partial charge >= 0.3 is 0 Å². The smallest absolute Gasteiger partial charge is 0.258 e. The predicted octanol–water partition coefficient (Wildman–Crippen LogP) is 1.61. The highest BCUT2D eigenvalue weighted by molar-refractivity contribution is 7.91. The van der Waals surface area contributed by atoms with Crippen LogP contribution in [0.15, 0.2) is 10.3 Å². The molecule has 1 aromatic heterocycles. The fourth-order valence-corrected chi connectivity index (χ4v) is 3.61. The molecule has 0 spiro atoms. The quantitative estimate of drug-likeness (QED) is 0.665. The van der Waals surface area contributed by atoms with E-state index in [1.807, 2.05) is 0 Å². The summed E-state index contributed by atoms with van der Waals surface area (Å²) in [6, 6.07) is 0.949. The number of thiophene rings is 1. The van der Waals surface area contributed by atoms with Gasteiger partial charge in [-0.3, -0.25) is 10.1 Å². The zero-order chi connectivity index (χ0) is 11.6. The number of halogens is 1. The summed E-state index contributed by atoms with van der Waals surface area (Å²) in [5.74, 6) is 0. The molecule has 6 nitrogen and oxygen atoms in total. The van der Waals surface area contributed by atoms with Crippen molar-refractivity contribution in [2.24, 2.45) is 0 Å². The Labute approximate surface area is 95.1 Å². The minimum atomic E-state index is -3.67. The van der Waals surface area contributed by atoms with Crippen molar-refractivity contribution in [1.82, 2.24) is 4.72 Å². The first-order valence-corrected chi connectivity index (χ1v) is 6.49. The Morgan fingerprint density at radius 3 is 2.67 bits per heavy atom. The van der Waals surface area contributed by atoms with E-state index in [9.17, 15) is 18.5 Å². The van der Waals surface area contributed by atoms with Crippen LogP contribution in [0.4, 0.5) is 5.69 Å². The molecule has 1 heterocycles. The molecule has 0 radical (unpaired) electrons. The van der Waals surface area contributed by atoms with Gasteiger partial charge in [-0.25, -0.2) is 13.1 Å². The number of hydrogen-bond acceptors (Lipinski definition) is 5. The molecular formula is C6H7ClN2O4S2. The normalized spacial score (nSPS) is 11.6. The van der Waals surface area contributed by atoms with E-state index in [0.717, 1.165) is 6.07 Å². The van der Waals surface area contributed by atoms with Gasteiger partial charge in [-0.15, -0.1) is 11.3 Å². The fraction of sp³-hybridized carbons (Fsp3) is 0.333. The van der Waals surface area contributed by atoms with Crippen LogP contribution in [0.2, 0.25) is 4.34 Å². The molecule has 1 aromatic rings. The predicted molar refractivity (Wildman–Crippen MR) is 56.8 cm³/mol. The van der Waals surface area contributed by atoms with Crippen LogP contribution >= 0.6 is 22.9 Å². The summed E-state index contributed by atoms with van der Waals surface area (Å²) >= 11 is 6.19. The minimum absolute atomic E-state index is 0.142. The molecule has 0 aliphatic heterocycles. The number of hydrogen-bond donors (Lipinski definition) is 1. The lowest BCUT2D eigenvalue weighted by molar-refractivity contribution is -0.384. The number of rotatable bonds is 4. The Morgan fingerprint density at radius 1 is 1.67 bits per heavy atom. The van der Waals surface area contributed by atoms with Gasteiger partial charge in [-0.05, 0) is 0 Å². The van der Waals surface area contributed by atoms with Crippen molar-refractivity contribution in [3.8, 4) is 0 Å². The number of nitrogens with one attached hydrogen (secondary N) is 1. The van der Waals surface area contributed by atoms with Gasteiger partial charge in [0.1, 0.15) is 4.21 Å². The maximum absolute atomic E-state index is 11.4. The average Bonchev–Trinajstić information content (AvgIpc) is 2.47. The average molecular weight is 271 g/mol. The molecule has 9 heteroatoms. The third kappa shape index (κ3) is 2.65. The van der Waals surface area contributed by atoms with Crippen molar-refractivity contribution in [3.05, 3.63) is 20.5 Å². The standard InChI is InChI=1S/C6H7ClN2O4S2/c1-2-8-15(12,13)5-3-4(9(10)11)6(7)14-5/h3,8H,2H2,1H3. The molecule has 0 bridgehead atoms. The molecular weight excluding hydrogens is 264 g/mol. The molecule has 1 N–H and O–H groups in total. The van der Waals surface area contributed by atoms with Crippen molar-refractivity contribution in [2.45, 2.75) is 11.1 Å². The second-order valence-electron chi connectivity index (χ2n) is 2.48. The largest absolute Gasteiger partial charge is 0.300 e. The van der Waals surface area contributed by atoms with Crippen LogP contribution in [-0.4, -0.2) is 19.9 Å². The molecule has 84 valence electrons. The van der Waals surface area contributed by atoms with Gasteiger partial charge < -0.3 is 0 Å². The lowest BCUT2D eigenvalue weighted by Gasteiger charge is -1.98. The van der Waals surface area contributed by atoms with Crippen LogP contribution in [0.3, 0.4) is 0 Å². The van der Waals surface area contributed by atoms with E-state index >= 15 is 0 Å². The number of sulfonamides is 1. The van der Waals surface area contributed by atoms with E-state index in [4.69, 9.17) is 11.6 Å². The van der Waals surface area contributed by atoms with Crippen LogP contribution in [-0.2, 0) is 10.0 Å². The lowest BCUT2D eigenvalue weighted by Crippen LogP contribution is -2.22. The molecule has 1 rings (SSSR count). The van der Waals surface area contributed by atoms with E-state index in [2.05, 4.69) is 4.72 Å². The molecule has 0 unspecified atom stereocenters. The maximum Gasteiger partial charge on any atom is 0.300 e. The van der Waals surface area contributed by atoms with E-state index in [1.165, 1.54) is 0 Å². The highest BCUT2D eigenvalue weighted by atomic mass is 35.5. The van der Waals surface area contributed by atoms with Gasteiger partial charge in [0, 0.05) is 12.6 Å². The third-order valence-electron chi connectivity index (χ3n) is 1.44. The van der Waals surface area contributed by atoms with Gasteiger partial charge in [0.05, 0.1) is 4.92 Å². The van der Waals surface area contributed by atoms with Crippen LogP contribution < -0.4 is 4.72 Å². The second-order valence-corrected chi connectivity index (χ2v) is 6.13. The first-order chi connectivity index (χ1) is 6.88. The molecule has 0 atom stereocenters. The zero-order valence-electron chi connectivity index (χ0n) is 7.56. The van der Waals surface area contributed by atoms with E-state index in [0.29, 0.717) is 11.3 Å². The Bertz CT molecular complexity index is 481. The molecule has 0 amide bonds. The van der Waals surface area contributed by atoms with Crippen molar-refractivity contribution in [1.29, 1.82) is 0 Å². The Morgan fingerprint density at radius 2 is 2.27 bits per heavy atom. The summed E-state index contributed by atoms with van der Waals surface area (Å²) < 4.78 is 24.8. The van der Waals surface area contributed by atoms with Crippen molar-refractivity contribution < 1.29 is 13.3 Å². The van der Waals surface area contributed by atoms with Crippen molar-refractivity contribution >= 4 is 38.6 Å². The molecule has 0 saturated heterocycles. The Kier molecular flexibility index (Phi) is 3.66. The second kappa shape index (κ2) is 4.44. The number of nitro groups is 1. The monoisotopic (exact) mass is 270 g/mol. The summed E-state index contributed by atoms with van der Waals surface area (Å²) in [5.41, 5.74) is -0.391. The van der Waals surface area contributed by atoms with Gasteiger partial charge in [0.15, 0.2) is 4.34 Å². The summed E-state index contributed by atoms with van der Waals surface area (Å²) in [6.45, 7) is 1.83. The van der Waals surface area contributed by atoms with E-state index in [1.54, 1.807) is 6.92 Å². The highest BCUT2D eigenvalue weighted by Gasteiger charge is 2.24. The molecule has 0 aliphatic carbocycles. The topological polar surface area (TPSA) is 89.3 Å². The lowest BCUT2D eigenvalue weighted by atomic mass is 10.6. The highest BCUT2D eigenvalue weighted by Crippen LogP contribution is 2.35. The fourth-order valence-electron chi connectivity index (χ4n) is 0.856. The first kappa shape index (κ1) is 12.4. The summed E-state index contributed by atoms with van der Waals surface area (Å²) in [7, 11) is -3.67. The molecule has 0 aromatic carbocycles. The SMILES string of the molecule is CCNS(=O)(=O)c1cc([N+](=O)[O-])c(Cl)s1. The van der Waals surface area contributed by atoms with Crippen molar-refractivity contribution in [3.63, 3.8) is 0 Å². The van der Waals surface area contributed by atoms with Crippen LogP contribution in [0.5, 0.6) is 0 Å². The van der Waals surface area contributed by atoms with E-state index < -0.39 is 20.6 Å². The van der Waals surface area contributed by atoms with Gasteiger partial charge in [-0.1, -0.05) is 18.5 Å². The Balaban J connectivity index is 3.19. The van der Waals surface area contributed by atoms with Crippen LogP contribution in [0.1, 0.15) is 6.92 Å². The van der Waals surface area contributed by atoms with Crippen LogP contribution in [0, 0.1) is 10.1 Å². The molecule has 0 fully saturated rings. The maximum atomic E-state index is 11.4. The first-order valence-electron chi connectivity index (χ1n) is 3.82. The molecule has 0 aliphatic rings. The molecule has 0 saturated carbocycles. The molecule has 15 heavy (non-hydrogen) atoms. The van der Waals surface area contributed by atoms with Gasteiger partial charge in [0.2, 0.25) is 10.0 Å². The summed E-state index contributed by atoms with van der Waals surface area (Å²) in [5, 5.41) is 10.4. The van der Waals surface area contributed by atoms with Gasteiger partial charge in [-0.2, -0.15) is 0 Å². The summed E-state index contributed by atoms with van der Waals surface area (Å²) in [6.07, 6.45) is 0. The van der Waals surface area contributed by atoms with E-state index in [-0.39, 0.29) is 15.1 Å². The van der Waals surface area contributed by atoms with Crippen LogP contribution in [0.25, 0.3) is 0 Å². The van der Waals surface area contributed by atoms with Gasteiger partial charge in [0.25, 0.3) is 5.69 Å². The van der Waals surface area contributed by atoms with Crippen molar-refractivity contribution in [2.75, 3.05) is 6.54 Å². The Hall–Kier alpha value is -0.700. The third-order valence-corrected chi connectivity index (χ3v) is 4.80.